The maximum Gasteiger partial charge on any atom is 0.237 e. The first kappa shape index (κ1) is 12.5. The number of hydrogen-bond acceptors (Lipinski definition) is 3. The van der Waals surface area contributed by atoms with E-state index >= 15 is 0 Å². The number of pyridine rings is 1. The van der Waals surface area contributed by atoms with E-state index in [4.69, 9.17) is 4.74 Å². The summed E-state index contributed by atoms with van der Waals surface area (Å²) in [7, 11) is 0. The van der Waals surface area contributed by atoms with Crippen LogP contribution in [0.15, 0.2) is 30.5 Å². The van der Waals surface area contributed by atoms with Crippen LogP contribution in [0, 0.1) is 17.8 Å². The van der Waals surface area contributed by atoms with Crippen LogP contribution in [-0.4, -0.2) is 17.6 Å². The lowest BCUT2D eigenvalue weighted by molar-refractivity contribution is 0.327. The Morgan fingerprint density at radius 2 is 2.32 bits per heavy atom. The van der Waals surface area contributed by atoms with Gasteiger partial charge in [0.25, 0.3) is 0 Å². The van der Waals surface area contributed by atoms with Crippen LogP contribution in [0.2, 0.25) is 0 Å². The first-order valence-corrected chi connectivity index (χ1v) is 7.30. The van der Waals surface area contributed by atoms with Crippen molar-refractivity contribution < 1.29 is 4.74 Å². The molecule has 0 radical (unpaired) electrons. The Morgan fingerprint density at radius 3 is 3.00 bits per heavy atom. The van der Waals surface area contributed by atoms with Gasteiger partial charge in [-0.05, 0) is 56.6 Å². The molecule has 3 heteroatoms. The van der Waals surface area contributed by atoms with Gasteiger partial charge in [0.1, 0.15) is 0 Å². The van der Waals surface area contributed by atoms with Gasteiger partial charge in [-0.15, -0.1) is 0 Å². The quantitative estimate of drug-likeness (QED) is 0.821. The number of ether oxygens (including phenoxy) is 1. The van der Waals surface area contributed by atoms with E-state index in [1.54, 1.807) is 6.20 Å². The lowest BCUT2D eigenvalue weighted by Gasteiger charge is -2.27. The van der Waals surface area contributed by atoms with Gasteiger partial charge in [0.15, 0.2) is 0 Å². The summed E-state index contributed by atoms with van der Waals surface area (Å²) in [5, 5.41) is 3.60. The van der Waals surface area contributed by atoms with Crippen molar-refractivity contribution >= 4 is 5.69 Å². The van der Waals surface area contributed by atoms with Crippen molar-refractivity contribution in [3.05, 3.63) is 30.5 Å². The molecule has 1 N–H and O–H groups in total. The molecule has 2 aliphatic carbocycles. The summed E-state index contributed by atoms with van der Waals surface area (Å²) < 4.78 is 5.57. The normalized spacial score (nSPS) is 29.5. The highest BCUT2D eigenvalue weighted by Gasteiger charge is 2.38. The number of rotatable bonds is 5. The van der Waals surface area contributed by atoms with Gasteiger partial charge in [0.2, 0.25) is 5.88 Å². The van der Waals surface area contributed by atoms with Crippen molar-refractivity contribution in [2.75, 3.05) is 11.9 Å². The highest BCUT2D eigenvalue weighted by molar-refractivity contribution is 5.52. The molecule has 1 heterocycles. The number of hydrogen-bond donors (Lipinski definition) is 1. The summed E-state index contributed by atoms with van der Waals surface area (Å²) >= 11 is 0. The van der Waals surface area contributed by atoms with Gasteiger partial charge in [0.05, 0.1) is 12.3 Å². The molecule has 0 saturated heterocycles. The summed E-state index contributed by atoms with van der Waals surface area (Å²) in [5.41, 5.74) is 1.02. The maximum atomic E-state index is 5.57. The largest absolute Gasteiger partial charge is 0.476 e. The second-order valence-corrected chi connectivity index (χ2v) is 5.67. The second-order valence-electron chi connectivity index (χ2n) is 5.67. The first-order chi connectivity index (χ1) is 9.28. The van der Waals surface area contributed by atoms with E-state index in [1.807, 2.05) is 13.0 Å². The average molecular weight is 258 g/mol. The van der Waals surface area contributed by atoms with Crippen molar-refractivity contribution in [3.63, 3.8) is 0 Å². The Labute approximate surface area is 115 Å². The van der Waals surface area contributed by atoms with Gasteiger partial charge in [-0.25, -0.2) is 4.98 Å². The molecule has 2 aliphatic rings. The number of nitrogens with one attached hydrogen (secondary N) is 1. The second kappa shape index (κ2) is 5.24. The van der Waals surface area contributed by atoms with Crippen LogP contribution in [0.5, 0.6) is 5.88 Å². The fourth-order valence-electron chi connectivity index (χ4n) is 3.50. The molecule has 1 fully saturated rings. The molecule has 102 valence electrons. The van der Waals surface area contributed by atoms with Gasteiger partial charge in [0, 0.05) is 12.2 Å². The van der Waals surface area contributed by atoms with Gasteiger partial charge >= 0.3 is 0 Å². The molecule has 0 aliphatic heterocycles. The minimum Gasteiger partial charge on any atom is -0.476 e. The van der Waals surface area contributed by atoms with Crippen molar-refractivity contribution in [1.29, 1.82) is 0 Å². The summed E-state index contributed by atoms with van der Waals surface area (Å²) in [6, 6.07) is 4.47. The molecule has 0 aromatic carbocycles. The molecule has 0 amide bonds. The van der Waals surface area contributed by atoms with E-state index in [0.717, 1.165) is 29.3 Å². The van der Waals surface area contributed by atoms with Gasteiger partial charge in [-0.2, -0.15) is 0 Å². The zero-order chi connectivity index (χ0) is 13.2. The number of aromatic nitrogens is 1. The molecule has 1 aromatic rings. The predicted octanol–water partition coefficient (Wildman–Crippen LogP) is 3.49. The third-order valence-corrected chi connectivity index (χ3v) is 4.41. The Hall–Kier alpha value is -1.51. The lowest BCUT2D eigenvalue weighted by atomic mass is 9.87. The van der Waals surface area contributed by atoms with Crippen molar-refractivity contribution in [2.45, 2.75) is 32.7 Å². The summed E-state index contributed by atoms with van der Waals surface area (Å²) in [5.74, 6) is 3.04. The Balaban J connectivity index is 1.69. The monoisotopic (exact) mass is 258 g/mol. The highest BCUT2D eigenvalue weighted by atomic mass is 16.5. The van der Waals surface area contributed by atoms with Crippen LogP contribution in [0.1, 0.15) is 26.7 Å². The fourth-order valence-corrected chi connectivity index (χ4v) is 3.50. The molecule has 1 saturated carbocycles. The Kier molecular flexibility index (Phi) is 3.45. The Morgan fingerprint density at radius 1 is 1.42 bits per heavy atom. The number of nitrogens with zero attached hydrogens (tertiary/aromatic N) is 1. The molecule has 2 bridgehead atoms. The van der Waals surface area contributed by atoms with Gasteiger partial charge < -0.3 is 10.1 Å². The third kappa shape index (κ3) is 2.46. The van der Waals surface area contributed by atoms with Crippen LogP contribution >= 0.6 is 0 Å². The molecular weight excluding hydrogens is 236 g/mol. The van der Waals surface area contributed by atoms with Crippen molar-refractivity contribution in [3.8, 4) is 5.88 Å². The summed E-state index contributed by atoms with van der Waals surface area (Å²) in [6.45, 7) is 4.92. The first-order valence-electron chi connectivity index (χ1n) is 7.30. The van der Waals surface area contributed by atoms with E-state index in [-0.39, 0.29) is 0 Å². The molecule has 3 rings (SSSR count). The number of allylic oxidation sites excluding steroid dienone is 2. The smallest absolute Gasteiger partial charge is 0.237 e. The number of anilines is 1. The van der Waals surface area contributed by atoms with E-state index in [9.17, 15) is 0 Å². The fraction of sp³-hybridized carbons (Fsp3) is 0.562. The zero-order valence-electron chi connectivity index (χ0n) is 11.7. The number of fused-ring (bicyclic) bond motifs is 2. The Bertz CT molecular complexity index is 472. The summed E-state index contributed by atoms with van der Waals surface area (Å²) in [6.07, 6.45) is 9.25. The molecule has 4 atom stereocenters. The minimum absolute atomic E-state index is 0.461. The standard InChI is InChI=1S/C16H22N2O/c1-3-19-16-15(5-4-8-17-16)18-11(2)14-10-12-6-7-13(14)9-12/h4-8,11-14,18H,3,9-10H2,1-2H3. The van der Waals surface area contributed by atoms with Gasteiger partial charge in [-0.3, -0.25) is 0 Å². The van der Waals surface area contributed by atoms with Crippen LogP contribution in [-0.2, 0) is 0 Å². The van der Waals surface area contributed by atoms with Crippen molar-refractivity contribution in [1.82, 2.24) is 4.98 Å². The summed E-state index contributed by atoms with van der Waals surface area (Å²) in [4.78, 5) is 4.30. The average Bonchev–Trinajstić information content (AvgIpc) is 3.03. The SMILES string of the molecule is CCOc1ncccc1NC(C)C1CC2C=CC1C2. The minimum atomic E-state index is 0.461. The molecule has 19 heavy (non-hydrogen) atoms. The van der Waals surface area contributed by atoms with Crippen LogP contribution in [0.3, 0.4) is 0 Å². The third-order valence-electron chi connectivity index (χ3n) is 4.41. The highest BCUT2D eigenvalue weighted by Crippen LogP contribution is 2.45. The maximum absolute atomic E-state index is 5.57. The van der Waals surface area contributed by atoms with E-state index in [0.29, 0.717) is 12.6 Å². The van der Waals surface area contributed by atoms with Crippen molar-refractivity contribution in [2.24, 2.45) is 17.8 Å². The van der Waals surface area contributed by atoms with E-state index in [2.05, 4.69) is 35.4 Å². The molecular formula is C16H22N2O. The molecule has 1 aromatic heterocycles. The molecule has 0 spiro atoms. The molecule has 3 nitrogen and oxygen atoms in total. The van der Waals surface area contributed by atoms with Gasteiger partial charge in [-0.1, -0.05) is 12.2 Å². The lowest BCUT2D eigenvalue weighted by Crippen LogP contribution is -2.29. The van der Waals surface area contributed by atoms with Crippen LogP contribution in [0.25, 0.3) is 0 Å². The van der Waals surface area contributed by atoms with E-state index in [1.165, 1.54) is 12.8 Å². The predicted molar refractivity (Wildman–Crippen MR) is 77.3 cm³/mol. The zero-order valence-corrected chi connectivity index (χ0v) is 11.7. The van der Waals surface area contributed by atoms with Crippen LogP contribution < -0.4 is 10.1 Å². The molecule has 4 unspecified atom stereocenters. The van der Waals surface area contributed by atoms with E-state index < -0.39 is 0 Å². The van der Waals surface area contributed by atoms with Crippen LogP contribution in [0.4, 0.5) is 5.69 Å². The topological polar surface area (TPSA) is 34.1 Å².